The van der Waals surface area contributed by atoms with E-state index in [1.54, 1.807) is 4.90 Å². The zero-order valence-electron chi connectivity index (χ0n) is 14.7. The van der Waals surface area contributed by atoms with Crippen LogP contribution < -0.4 is 5.32 Å². The average molecular weight is 335 g/mol. The Balaban J connectivity index is 1.54. The molecule has 1 saturated carbocycles. The number of carbonyl (C=O) groups is 3. The van der Waals surface area contributed by atoms with E-state index in [0.717, 1.165) is 38.8 Å². The second-order valence-corrected chi connectivity index (χ2v) is 7.72. The lowest BCUT2D eigenvalue weighted by Crippen LogP contribution is -2.56. The zero-order valence-corrected chi connectivity index (χ0v) is 14.7. The van der Waals surface area contributed by atoms with E-state index in [-0.39, 0.29) is 23.8 Å². The van der Waals surface area contributed by atoms with Crippen molar-refractivity contribution in [2.45, 2.75) is 51.9 Å². The Morgan fingerprint density at radius 3 is 2.42 bits per heavy atom. The van der Waals surface area contributed by atoms with Gasteiger partial charge in [-0.3, -0.25) is 14.4 Å². The van der Waals surface area contributed by atoms with Crippen LogP contribution in [-0.4, -0.2) is 60.2 Å². The number of rotatable bonds is 4. The van der Waals surface area contributed by atoms with Gasteiger partial charge in [-0.25, -0.2) is 0 Å². The molecular weight excluding hydrogens is 306 g/mol. The van der Waals surface area contributed by atoms with Crippen LogP contribution in [0.15, 0.2) is 0 Å². The molecule has 0 aromatic carbocycles. The van der Waals surface area contributed by atoms with E-state index in [1.807, 2.05) is 0 Å². The molecule has 0 bridgehead atoms. The van der Waals surface area contributed by atoms with Crippen LogP contribution in [0.25, 0.3) is 0 Å². The number of nitrogens with one attached hydrogen (secondary N) is 1. The first kappa shape index (κ1) is 17.2. The molecule has 2 heterocycles. The molecule has 1 spiro atoms. The Kier molecular flexibility index (Phi) is 5.11. The lowest BCUT2D eigenvalue weighted by Gasteiger charge is -2.47. The molecule has 1 aliphatic carbocycles. The molecule has 0 aromatic heterocycles. The standard InChI is InChI=1S/C18H29N3O3/c1-14(22)19-12-16(23)20-10-7-18(8-11-20)6-3-9-21(17(18)24)13-15-4-2-5-15/h15H,2-13H2,1H3,(H,19,22). The molecule has 134 valence electrons. The van der Waals surface area contributed by atoms with Gasteiger partial charge in [0.1, 0.15) is 0 Å². The highest BCUT2D eigenvalue weighted by molar-refractivity contribution is 5.85. The van der Waals surface area contributed by atoms with Gasteiger partial charge in [0.15, 0.2) is 0 Å². The largest absolute Gasteiger partial charge is 0.347 e. The lowest BCUT2D eigenvalue weighted by molar-refractivity contribution is -0.153. The summed E-state index contributed by atoms with van der Waals surface area (Å²) in [5.41, 5.74) is -0.243. The van der Waals surface area contributed by atoms with E-state index < -0.39 is 0 Å². The number of amides is 3. The summed E-state index contributed by atoms with van der Waals surface area (Å²) in [5.74, 6) is 0.804. The Bertz CT molecular complexity index is 508. The first-order chi connectivity index (χ1) is 11.5. The zero-order chi connectivity index (χ0) is 17.2. The number of piperidine rings is 2. The van der Waals surface area contributed by atoms with Crippen LogP contribution in [0.5, 0.6) is 0 Å². The molecular formula is C18H29N3O3. The van der Waals surface area contributed by atoms with E-state index in [4.69, 9.17) is 0 Å². The van der Waals surface area contributed by atoms with Gasteiger partial charge < -0.3 is 15.1 Å². The molecule has 6 nitrogen and oxygen atoms in total. The highest BCUT2D eigenvalue weighted by atomic mass is 16.2. The van der Waals surface area contributed by atoms with Crippen molar-refractivity contribution in [2.75, 3.05) is 32.7 Å². The highest BCUT2D eigenvalue weighted by Gasteiger charge is 2.46. The summed E-state index contributed by atoms with van der Waals surface area (Å²) in [5, 5.41) is 2.56. The van der Waals surface area contributed by atoms with Crippen LogP contribution in [0.4, 0.5) is 0 Å². The molecule has 24 heavy (non-hydrogen) atoms. The predicted molar refractivity (Wildman–Crippen MR) is 90.1 cm³/mol. The van der Waals surface area contributed by atoms with Gasteiger partial charge >= 0.3 is 0 Å². The topological polar surface area (TPSA) is 69.7 Å². The third-order valence-corrected chi connectivity index (χ3v) is 6.09. The smallest absolute Gasteiger partial charge is 0.241 e. The van der Waals surface area contributed by atoms with E-state index >= 15 is 0 Å². The Morgan fingerprint density at radius 1 is 1.12 bits per heavy atom. The van der Waals surface area contributed by atoms with Crippen molar-refractivity contribution in [3.05, 3.63) is 0 Å². The first-order valence-electron chi connectivity index (χ1n) is 9.32. The Morgan fingerprint density at radius 2 is 1.83 bits per heavy atom. The molecule has 3 amide bonds. The molecule has 3 aliphatic rings. The highest BCUT2D eigenvalue weighted by Crippen LogP contribution is 2.41. The Labute approximate surface area is 143 Å². The minimum absolute atomic E-state index is 0.0466. The number of carbonyl (C=O) groups excluding carboxylic acids is 3. The van der Waals surface area contributed by atoms with Crippen molar-refractivity contribution in [3.8, 4) is 0 Å². The number of hydrogen-bond acceptors (Lipinski definition) is 3. The van der Waals surface area contributed by atoms with Gasteiger partial charge in [0.2, 0.25) is 17.7 Å². The van der Waals surface area contributed by atoms with E-state index in [0.29, 0.717) is 24.9 Å². The molecule has 1 N–H and O–H groups in total. The van der Waals surface area contributed by atoms with Gasteiger partial charge in [0, 0.05) is 33.1 Å². The van der Waals surface area contributed by atoms with Gasteiger partial charge in [0.05, 0.1) is 12.0 Å². The van der Waals surface area contributed by atoms with Crippen molar-refractivity contribution in [2.24, 2.45) is 11.3 Å². The second-order valence-electron chi connectivity index (χ2n) is 7.72. The normalized spacial score (nSPS) is 24.0. The maximum atomic E-state index is 13.0. The maximum Gasteiger partial charge on any atom is 0.241 e. The average Bonchev–Trinajstić information content (AvgIpc) is 2.53. The van der Waals surface area contributed by atoms with Crippen molar-refractivity contribution in [1.29, 1.82) is 0 Å². The third kappa shape index (κ3) is 3.57. The monoisotopic (exact) mass is 335 g/mol. The third-order valence-electron chi connectivity index (χ3n) is 6.09. The fraction of sp³-hybridized carbons (Fsp3) is 0.833. The maximum absolute atomic E-state index is 13.0. The molecule has 6 heteroatoms. The molecule has 2 saturated heterocycles. The van der Waals surface area contributed by atoms with Crippen LogP contribution in [0, 0.1) is 11.3 Å². The summed E-state index contributed by atoms with van der Waals surface area (Å²) in [4.78, 5) is 40.0. The molecule has 3 fully saturated rings. The lowest BCUT2D eigenvalue weighted by atomic mass is 9.71. The van der Waals surface area contributed by atoms with Crippen molar-refractivity contribution in [3.63, 3.8) is 0 Å². The molecule has 0 unspecified atom stereocenters. The summed E-state index contributed by atoms with van der Waals surface area (Å²) < 4.78 is 0. The summed E-state index contributed by atoms with van der Waals surface area (Å²) in [6, 6.07) is 0. The van der Waals surface area contributed by atoms with Gasteiger partial charge in [0.25, 0.3) is 0 Å². The van der Waals surface area contributed by atoms with E-state index in [9.17, 15) is 14.4 Å². The van der Waals surface area contributed by atoms with Gasteiger partial charge in [-0.05, 0) is 44.4 Å². The van der Waals surface area contributed by atoms with Crippen LogP contribution >= 0.6 is 0 Å². The summed E-state index contributed by atoms with van der Waals surface area (Å²) in [6.07, 6.45) is 7.41. The van der Waals surface area contributed by atoms with Crippen molar-refractivity contribution in [1.82, 2.24) is 15.1 Å². The van der Waals surface area contributed by atoms with Crippen LogP contribution in [0.2, 0.25) is 0 Å². The molecule has 3 rings (SSSR count). The van der Waals surface area contributed by atoms with Crippen molar-refractivity contribution >= 4 is 17.7 Å². The van der Waals surface area contributed by atoms with Crippen molar-refractivity contribution < 1.29 is 14.4 Å². The fourth-order valence-electron chi connectivity index (χ4n) is 4.27. The molecule has 0 aromatic rings. The minimum Gasteiger partial charge on any atom is -0.347 e. The van der Waals surface area contributed by atoms with Gasteiger partial charge in [-0.2, -0.15) is 0 Å². The van der Waals surface area contributed by atoms with Crippen LogP contribution in [0.3, 0.4) is 0 Å². The summed E-state index contributed by atoms with van der Waals surface area (Å²) >= 11 is 0. The van der Waals surface area contributed by atoms with Gasteiger partial charge in [-0.15, -0.1) is 0 Å². The first-order valence-corrected chi connectivity index (χ1v) is 9.32. The SMILES string of the molecule is CC(=O)NCC(=O)N1CCC2(CCCN(CC3CCC3)C2=O)CC1. The molecule has 2 aliphatic heterocycles. The van der Waals surface area contributed by atoms with Crippen LogP contribution in [0.1, 0.15) is 51.9 Å². The molecule has 0 atom stereocenters. The number of hydrogen-bond donors (Lipinski definition) is 1. The van der Waals surface area contributed by atoms with Crippen LogP contribution in [-0.2, 0) is 14.4 Å². The predicted octanol–water partition coefficient (Wildman–Crippen LogP) is 1.15. The van der Waals surface area contributed by atoms with E-state index in [1.165, 1.54) is 26.2 Å². The summed E-state index contributed by atoms with van der Waals surface area (Å²) in [6.45, 7) is 4.57. The number of nitrogens with zero attached hydrogens (tertiary/aromatic N) is 2. The minimum atomic E-state index is -0.243. The van der Waals surface area contributed by atoms with E-state index in [2.05, 4.69) is 10.2 Å². The fourth-order valence-corrected chi connectivity index (χ4v) is 4.27. The molecule has 0 radical (unpaired) electrons. The number of likely N-dealkylation sites (tertiary alicyclic amines) is 2. The second kappa shape index (κ2) is 7.11. The summed E-state index contributed by atoms with van der Waals surface area (Å²) in [7, 11) is 0. The van der Waals surface area contributed by atoms with Gasteiger partial charge in [-0.1, -0.05) is 6.42 Å². The quantitative estimate of drug-likeness (QED) is 0.838. The Hall–Kier alpha value is -1.59.